The molecule has 0 unspecified atom stereocenters. The van der Waals surface area contributed by atoms with Gasteiger partial charge in [0.2, 0.25) is 15.9 Å². The number of nitro benzene ring substituents is 1. The van der Waals surface area contributed by atoms with Crippen molar-refractivity contribution in [1.82, 2.24) is 4.72 Å². The molecule has 1 amide bonds. The maximum atomic E-state index is 13.2. The Morgan fingerprint density at radius 1 is 1.03 bits per heavy atom. The minimum absolute atomic E-state index is 0.0201. The van der Waals surface area contributed by atoms with E-state index in [1.54, 1.807) is 24.3 Å². The van der Waals surface area contributed by atoms with Gasteiger partial charge in [-0.3, -0.25) is 14.9 Å². The van der Waals surface area contributed by atoms with Crippen LogP contribution < -0.4 is 14.8 Å². The van der Waals surface area contributed by atoms with E-state index in [0.29, 0.717) is 12.4 Å². The number of rotatable bonds is 10. The fourth-order valence-corrected chi connectivity index (χ4v) is 4.55. The van der Waals surface area contributed by atoms with E-state index in [4.69, 9.17) is 4.74 Å². The highest BCUT2D eigenvalue weighted by molar-refractivity contribution is 7.89. The van der Waals surface area contributed by atoms with Crippen molar-refractivity contribution in [3.05, 3.63) is 94.0 Å². The minimum Gasteiger partial charge on any atom is -0.494 e. The number of ether oxygens (including phenoxy) is 1. The predicted octanol–water partition coefficient (Wildman–Crippen LogP) is 3.83. The molecule has 0 aliphatic carbocycles. The first kappa shape index (κ1) is 24.9. The van der Waals surface area contributed by atoms with E-state index in [9.17, 15) is 23.3 Å². The molecular formula is C24H25N3O6S. The van der Waals surface area contributed by atoms with E-state index < -0.39 is 26.9 Å². The fraction of sp³-hybridized carbons (Fsp3) is 0.208. The van der Waals surface area contributed by atoms with Crippen LogP contribution in [-0.4, -0.2) is 31.9 Å². The lowest BCUT2D eigenvalue weighted by molar-refractivity contribution is -0.385. The Hall–Kier alpha value is -3.76. The third-order valence-electron chi connectivity index (χ3n) is 5.10. The van der Waals surface area contributed by atoms with Gasteiger partial charge in [0.1, 0.15) is 11.8 Å². The van der Waals surface area contributed by atoms with Crippen LogP contribution >= 0.6 is 0 Å². The van der Waals surface area contributed by atoms with E-state index in [-0.39, 0.29) is 28.3 Å². The molecule has 178 valence electrons. The van der Waals surface area contributed by atoms with Crippen LogP contribution in [0.5, 0.6) is 5.75 Å². The number of carbonyl (C=O) groups excluding carboxylic acids is 1. The maximum absolute atomic E-state index is 13.2. The molecule has 0 heterocycles. The summed E-state index contributed by atoms with van der Waals surface area (Å²) in [6.45, 7) is 3.78. The Morgan fingerprint density at radius 3 is 2.32 bits per heavy atom. The van der Waals surface area contributed by atoms with Crippen LogP contribution in [0.4, 0.5) is 11.4 Å². The molecule has 3 aromatic rings. The monoisotopic (exact) mass is 483 g/mol. The van der Waals surface area contributed by atoms with Gasteiger partial charge in [-0.25, -0.2) is 8.42 Å². The van der Waals surface area contributed by atoms with Crippen molar-refractivity contribution in [2.75, 3.05) is 11.9 Å². The summed E-state index contributed by atoms with van der Waals surface area (Å²) in [5, 5.41) is 13.9. The number of nitro groups is 1. The number of hydrogen-bond acceptors (Lipinski definition) is 6. The zero-order valence-electron chi connectivity index (χ0n) is 18.7. The van der Waals surface area contributed by atoms with Crippen molar-refractivity contribution >= 4 is 27.3 Å². The average molecular weight is 484 g/mol. The van der Waals surface area contributed by atoms with Crippen molar-refractivity contribution < 1.29 is 22.9 Å². The standard InChI is InChI=1S/C24H25N3O6S/c1-3-33-19-12-14-20(15-13-19)34(31,32)26-22(16-18-8-5-4-6-9-18)24(28)25-21-10-7-11-23(17(21)2)27(29)30/h4-15,22,26H,3,16H2,1-2H3,(H,25,28)/t22-/m1/s1. The topological polar surface area (TPSA) is 128 Å². The van der Waals surface area contributed by atoms with Crippen LogP contribution in [0, 0.1) is 17.0 Å². The molecule has 3 rings (SSSR count). The summed E-state index contributed by atoms with van der Waals surface area (Å²) in [4.78, 5) is 23.8. The summed E-state index contributed by atoms with van der Waals surface area (Å²) >= 11 is 0. The Bertz CT molecular complexity index is 1260. The maximum Gasteiger partial charge on any atom is 0.274 e. The van der Waals surface area contributed by atoms with Crippen LogP contribution in [-0.2, 0) is 21.2 Å². The molecule has 0 aliphatic heterocycles. The lowest BCUT2D eigenvalue weighted by Crippen LogP contribution is -2.45. The number of benzene rings is 3. The van der Waals surface area contributed by atoms with Crippen LogP contribution in [0.3, 0.4) is 0 Å². The zero-order valence-corrected chi connectivity index (χ0v) is 19.5. The van der Waals surface area contributed by atoms with Gasteiger partial charge >= 0.3 is 0 Å². The van der Waals surface area contributed by atoms with Gasteiger partial charge in [0, 0.05) is 6.07 Å². The SMILES string of the molecule is CCOc1ccc(S(=O)(=O)N[C@H](Cc2ccccc2)C(=O)Nc2cccc([N+](=O)[O-])c2C)cc1. The molecule has 0 saturated heterocycles. The number of amides is 1. The second-order valence-electron chi connectivity index (χ2n) is 7.46. The number of nitrogens with one attached hydrogen (secondary N) is 2. The molecule has 10 heteroatoms. The van der Waals surface area contributed by atoms with Crippen molar-refractivity contribution in [1.29, 1.82) is 0 Å². The van der Waals surface area contributed by atoms with Crippen molar-refractivity contribution in [2.45, 2.75) is 31.2 Å². The molecule has 2 N–H and O–H groups in total. The Kier molecular flexibility index (Phi) is 7.98. The van der Waals surface area contributed by atoms with Crippen LogP contribution in [0.15, 0.2) is 77.7 Å². The molecular weight excluding hydrogens is 458 g/mol. The van der Waals surface area contributed by atoms with Crippen molar-refractivity contribution in [2.24, 2.45) is 0 Å². The molecule has 0 bridgehead atoms. The average Bonchev–Trinajstić information content (AvgIpc) is 2.81. The molecule has 0 aliphatic rings. The lowest BCUT2D eigenvalue weighted by atomic mass is 10.1. The molecule has 0 radical (unpaired) electrons. The summed E-state index contributed by atoms with van der Waals surface area (Å²) in [5.74, 6) is -0.108. The molecule has 0 spiro atoms. The van der Waals surface area contributed by atoms with E-state index in [1.807, 2.05) is 13.0 Å². The quantitative estimate of drug-likeness (QED) is 0.333. The smallest absolute Gasteiger partial charge is 0.274 e. The summed E-state index contributed by atoms with van der Waals surface area (Å²) in [6.07, 6.45) is 0.0803. The van der Waals surface area contributed by atoms with Crippen LogP contribution in [0.2, 0.25) is 0 Å². The highest BCUT2D eigenvalue weighted by Gasteiger charge is 2.27. The molecule has 1 atom stereocenters. The molecule has 9 nitrogen and oxygen atoms in total. The molecule has 3 aromatic carbocycles. The molecule has 0 fully saturated rings. The second-order valence-corrected chi connectivity index (χ2v) is 9.18. The normalized spacial score (nSPS) is 12.1. The highest BCUT2D eigenvalue weighted by atomic mass is 32.2. The van der Waals surface area contributed by atoms with Gasteiger partial charge in [0.15, 0.2) is 0 Å². The summed E-state index contributed by atoms with van der Waals surface area (Å²) in [5.41, 5.74) is 1.10. The van der Waals surface area contributed by atoms with E-state index >= 15 is 0 Å². The van der Waals surface area contributed by atoms with Crippen molar-refractivity contribution in [3.63, 3.8) is 0 Å². The first-order valence-corrected chi connectivity index (χ1v) is 12.0. The Morgan fingerprint density at radius 2 is 1.71 bits per heavy atom. The summed E-state index contributed by atoms with van der Waals surface area (Å²) < 4.78 is 33.9. The third kappa shape index (κ3) is 6.18. The number of carbonyl (C=O) groups is 1. The number of anilines is 1. The predicted molar refractivity (Wildman–Crippen MR) is 128 cm³/mol. The number of hydrogen-bond donors (Lipinski definition) is 2. The second kappa shape index (κ2) is 10.9. The Balaban J connectivity index is 1.88. The van der Waals surface area contributed by atoms with Crippen molar-refractivity contribution in [3.8, 4) is 5.75 Å². The largest absolute Gasteiger partial charge is 0.494 e. The van der Waals surface area contributed by atoms with Gasteiger partial charge in [0.05, 0.1) is 27.7 Å². The van der Waals surface area contributed by atoms with Crippen LogP contribution in [0.25, 0.3) is 0 Å². The fourth-order valence-electron chi connectivity index (χ4n) is 3.35. The first-order valence-electron chi connectivity index (χ1n) is 10.5. The van der Waals surface area contributed by atoms with Gasteiger partial charge in [-0.1, -0.05) is 36.4 Å². The van der Waals surface area contributed by atoms with Gasteiger partial charge in [-0.05, 0) is 56.2 Å². The van der Waals surface area contributed by atoms with Gasteiger partial charge < -0.3 is 10.1 Å². The highest BCUT2D eigenvalue weighted by Crippen LogP contribution is 2.25. The minimum atomic E-state index is -4.05. The van der Waals surface area contributed by atoms with E-state index in [0.717, 1.165) is 5.56 Å². The lowest BCUT2D eigenvalue weighted by Gasteiger charge is -2.19. The van der Waals surface area contributed by atoms with Gasteiger partial charge in [0.25, 0.3) is 5.69 Å². The van der Waals surface area contributed by atoms with Crippen LogP contribution in [0.1, 0.15) is 18.1 Å². The number of sulfonamides is 1. The van der Waals surface area contributed by atoms with Gasteiger partial charge in [-0.2, -0.15) is 4.72 Å². The third-order valence-corrected chi connectivity index (χ3v) is 6.59. The Labute approximate surface area is 198 Å². The molecule has 34 heavy (non-hydrogen) atoms. The van der Waals surface area contributed by atoms with Gasteiger partial charge in [-0.15, -0.1) is 0 Å². The van der Waals surface area contributed by atoms with E-state index in [2.05, 4.69) is 10.0 Å². The zero-order chi connectivity index (χ0) is 24.7. The molecule has 0 saturated carbocycles. The van der Waals surface area contributed by atoms with E-state index in [1.165, 1.54) is 49.4 Å². The first-order chi connectivity index (χ1) is 16.2. The number of nitrogens with zero attached hydrogens (tertiary/aromatic N) is 1. The molecule has 0 aromatic heterocycles. The summed E-state index contributed by atoms with van der Waals surface area (Å²) in [6, 6.07) is 18.0. The summed E-state index contributed by atoms with van der Waals surface area (Å²) in [7, 11) is -4.05.